The predicted octanol–water partition coefficient (Wildman–Crippen LogP) is 1.55. The topological polar surface area (TPSA) is 47.3 Å². The van der Waals surface area contributed by atoms with Crippen LogP contribution in [0, 0.1) is 0 Å². The maximum Gasteiger partial charge on any atom is 0.153 e. The molecule has 0 saturated carbocycles. The summed E-state index contributed by atoms with van der Waals surface area (Å²) in [5.74, 6) is 0.238. The molecule has 1 fully saturated rings. The fourth-order valence-corrected chi connectivity index (χ4v) is 1.83. The first-order valence-electron chi connectivity index (χ1n) is 5.17. The molecule has 1 aliphatic heterocycles. The molecule has 1 N–H and O–H groups in total. The van der Waals surface area contributed by atoms with E-state index in [1.54, 1.807) is 10.9 Å². The van der Waals surface area contributed by atoms with Crippen LogP contribution in [0.4, 0.5) is 0 Å². The van der Waals surface area contributed by atoms with Crippen molar-refractivity contribution < 1.29 is 9.84 Å². The van der Waals surface area contributed by atoms with Gasteiger partial charge in [-0.05, 0) is 25.7 Å². The summed E-state index contributed by atoms with van der Waals surface area (Å²) in [4.78, 5) is 0. The van der Waals surface area contributed by atoms with Crippen LogP contribution in [-0.2, 0) is 11.3 Å². The Kier molecular flexibility index (Phi) is 3.03. The minimum absolute atomic E-state index is 0.238. The zero-order valence-electron chi connectivity index (χ0n) is 8.22. The Morgan fingerprint density at radius 3 is 3.21 bits per heavy atom. The summed E-state index contributed by atoms with van der Waals surface area (Å²) in [7, 11) is 0. The van der Waals surface area contributed by atoms with Gasteiger partial charge in [-0.25, -0.2) is 0 Å². The molecule has 0 spiro atoms. The molecule has 4 nitrogen and oxygen atoms in total. The Hall–Kier alpha value is -1.03. The maximum atomic E-state index is 9.06. The Morgan fingerprint density at radius 2 is 2.57 bits per heavy atom. The van der Waals surface area contributed by atoms with Crippen molar-refractivity contribution in [2.45, 2.75) is 38.3 Å². The summed E-state index contributed by atoms with van der Waals surface area (Å²) in [6.45, 7) is 1.79. The molecule has 1 saturated heterocycles. The Labute approximate surface area is 83.5 Å². The first-order valence-corrected chi connectivity index (χ1v) is 5.17. The van der Waals surface area contributed by atoms with Gasteiger partial charge >= 0.3 is 0 Å². The smallest absolute Gasteiger partial charge is 0.153 e. The Bertz CT molecular complexity index is 279. The number of rotatable bonds is 4. The molecule has 2 heterocycles. The number of nitrogens with zero attached hydrogens (tertiary/aromatic N) is 2. The van der Waals surface area contributed by atoms with E-state index in [9.17, 15) is 0 Å². The van der Waals surface area contributed by atoms with E-state index in [1.807, 2.05) is 0 Å². The normalized spacial score (nSPS) is 21.6. The van der Waals surface area contributed by atoms with Crippen molar-refractivity contribution in [2.75, 3.05) is 6.61 Å². The lowest BCUT2D eigenvalue weighted by Crippen LogP contribution is -2.07. The number of ether oxygens (including phenoxy) is 1. The molecule has 1 unspecified atom stereocenters. The van der Waals surface area contributed by atoms with Crippen molar-refractivity contribution in [1.29, 1.82) is 0 Å². The highest BCUT2D eigenvalue weighted by molar-refractivity contribution is 5.08. The molecule has 1 aromatic rings. The molecule has 1 aliphatic rings. The van der Waals surface area contributed by atoms with E-state index in [0.29, 0.717) is 6.10 Å². The second-order valence-corrected chi connectivity index (χ2v) is 3.74. The zero-order valence-corrected chi connectivity index (χ0v) is 8.22. The van der Waals surface area contributed by atoms with Gasteiger partial charge in [0.25, 0.3) is 0 Å². The number of hydrogen-bond donors (Lipinski definition) is 1. The molecule has 2 rings (SSSR count). The molecule has 0 bridgehead atoms. The molecule has 1 atom stereocenters. The average Bonchev–Trinajstić information content (AvgIpc) is 2.77. The number of aryl methyl sites for hydroxylation is 1. The summed E-state index contributed by atoms with van der Waals surface area (Å²) in [5.41, 5.74) is 0. The average molecular weight is 196 g/mol. The third-order valence-electron chi connectivity index (χ3n) is 2.56. The third kappa shape index (κ3) is 2.48. The number of aromatic nitrogens is 2. The second-order valence-electron chi connectivity index (χ2n) is 3.74. The van der Waals surface area contributed by atoms with E-state index < -0.39 is 0 Å². The Morgan fingerprint density at radius 1 is 1.64 bits per heavy atom. The van der Waals surface area contributed by atoms with Gasteiger partial charge in [-0.1, -0.05) is 0 Å². The number of hydrogen-bond acceptors (Lipinski definition) is 3. The van der Waals surface area contributed by atoms with Crippen molar-refractivity contribution in [3.05, 3.63) is 12.4 Å². The van der Waals surface area contributed by atoms with Crippen molar-refractivity contribution in [3.63, 3.8) is 0 Å². The van der Waals surface area contributed by atoms with E-state index in [1.165, 1.54) is 19.0 Å². The van der Waals surface area contributed by atoms with E-state index in [4.69, 9.17) is 9.84 Å². The maximum absolute atomic E-state index is 9.06. The van der Waals surface area contributed by atoms with Crippen LogP contribution in [0.1, 0.15) is 25.7 Å². The standard InChI is InChI=1S/C10H16N2O2/c13-9-7-11-12(8-9)5-1-3-10-4-2-6-14-10/h7-8,10,13H,1-6H2. The Balaban J connectivity index is 1.67. The molecule has 1 aromatic heterocycles. The minimum atomic E-state index is 0.238. The van der Waals surface area contributed by atoms with Crippen molar-refractivity contribution in [3.8, 4) is 5.75 Å². The summed E-state index contributed by atoms with van der Waals surface area (Å²) >= 11 is 0. The highest BCUT2D eigenvalue weighted by Crippen LogP contribution is 2.17. The lowest BCUT2D eigenvalue weighted by atomic mass is 10.1. The lowest BCUT2D eigenvalue weighted by Gasteiger charge is -2.08. The van der Waals surface area contributed by atoms with Gasteiger partial charge in [0, 0.05) is 13.2 Å². The van der Waals surface area contributed by atoms with Crippen molar-refractivity contribution in [2.24, 2.45) is 0 Å². The van der Waals surface area contributed by atoms with Gasteiger partial charge in [-0.2, -0.15) is 5.10 Å². The highest BCUT2D eigenvalue weighted by atomic mass is 16.5. The van der Waals surface area contributed by atoms with Gasteiger partial charge in [0.2, 0.25) is 0 Å². The fourth-order valence-electron chi connectivity index (χ4n) is 1.83. The highest BCUT2D eigenvalue weighted by Gasteiger charge is 2.14. The molecule has 4 heteroatoms. The molecular weight excluding hydrogens is 180 g/mol. The molecule has 0 aliphatic carbocycles. The second kappa shape index (κ2) is 4.46. The van der Waals surface area contributed by atoms with Gasteiger partial charge in [0.05, 0.1) is 18.5 Å². The van der Waals surface area contributed by atoms with Crippen LogP contribution in [-0.4, -0.2) is 27.6 Å². The molecule has 0 aromatic carbocycles. The first-order chi connectivity index (χ1) is 6.84. The largest absolute Gasteiger partial charge is 0.505 e. The van der Waals surface area contributed by atoms with E-state index in [0.717, 1.165) is 26.0 Å². The molecular formula is C10H16N2O2. The predicted molar refractivity (Wildman–Crippen MR) is 52.1 cm³/mol. The third-order valence-corrected chi connectivity index (χ3v) is 2.56. The fraction of sp³-hybridized carbons (Fsp3) is 0.700. The van der Waals surface area contributed by atoms with Crippen LogP contribution < -0.4 is 0 Å². The van der Waals surface area contributed by atoms with Crippen molar-refractivity contribution in [1.82, 2.24) is 9.78 Å². The first kappa shape index (κ1) is 9.52. The van der Waals surface area contributed by atoms with E-state index >= 15 is 0 Å². The van der Waals surface area contributed by atoms with E-state index in [-0.39, 0.29) is 5.75 Å². The molecule has 14 heavy (non-hydrogen) atoms. The summed E-state index contributed by atoms with van der Waals surface area (Å²) in [5, 5.41) is 13.1. The SMILES string of the molecule is Oc1cnn(CCCC2CCCO2)c1. The van der Waals surface area contributed by atoms with Gasteiger partial charge in [-0.15, -0.1) is 0 Å². The lowest BCUT2D eigenvalue weighted by molar-refractivity contribution is 0.101. The van der Waals surface area contributed by atoms with Gasteiger partial charge in [0.1, 0.15) is 0 Å². The molecule has 78 valence electrons. The quantitative estimate of drug-likeness (QED) is 0.794. The van der Waals surface area contributed by atoms with Gasteiger partial charge in [0.15, 0.2) is 5.75 Å². The van der Waals surface area contributed by atoms with Crippen LogP contribution in [0.25, 0.3) is 0 Å². The van der Waals surface area contributed by atoms with Crippen LogP contribution >= 0.6 is 0 Å². The molecule has 0 amide bonds. The summed E-state index contributed by atoms with van der Waals surface area (Å²) in [6, 6.07) is 0. The minimum Gasteiger partial charge on any atom is -0.505 e. The van der Waals surface area contributed by atoms with Crippen LogP contribution in [0.3, 0.4) is 0 Å². The van der Waals surface area contributed by atoms with Crippen LogP contribution in [0.15, 0.2) is 12.4 Å². The van der Waals surface area contributed by atoms with Crippen molar-refractivity contribution >= 4 is 0 Å². The zero-order chi connectivity index (χ0) is 9.80. The monoisotopic (exact) mass is 196 g/mol. The number of aromatic hydroxyl groups is 1. The summed E-state index contributed by atoms with van der Waals surface area (Å²) < 4.78 is 7.29. The molecule has 0 radical (unpaired) electrons. The van der Waals surface area contributed by atoms with Crippen LogP contribution in [0.2, 0.25) is 0 Å². The van der Waals surface area contributed by atoms with Gasteiger partial charge < -0.3 is 9.84 Å². The van der Waals surface area contributed by atoms with E-state index in [2.05, 4.69) is 5.10 Å². The summed E-state index contributed by atoms with van der Waals surface area (Å²) in [6.07, 6.45) is 8.13. The van der Waals surface area contributed by atoms with Crippen LogP contribution in [0.5, 0.6) is 5.75 Å². The van der Waals surface area contributed by atoms with Gasteiger partial charge in [-0.3, -0.25) is 4.68 Å².